The molecular formula is C24H21N3O3S2. The summed E-state index contributed by atoms with van der Waals surface area (Å²) in [6.45, 7) is 2.33. The lowest BCUT2D eigenvalue weighted by atomic mass is 10.2. The van der Waals surface area contributed by atoms with Crippen molar-refractivity contribution in [1.29, 1.82) is 0 Å². The fourth-order valence-corrected chi connectivity index (χ4v) is 4.83. The summed E-state index contributed by atoms with van der Waals surface area (Å²) in [7, 11) is 0. The van der Waals surface area contributed by atoms with Crippen LogP contribution in [0.15, 0.2) is 72.0 Å². The predicted molar refractivity (Wildman–Crippen MR) is 129 cm³/mol. The maximum absolute atomic E-state index is 12.4. The van der Waals surface area contributed by atoms with Gasteiger partial charge in [0.05, 0.1) is 17.9 Å². The molecule has 0 spiro atoms. The van der Waals surface area contributed by atoms with Gasteiger partial charge in [-0.25, -0.2) is 14.8 Å². The quantitative estimate of drug-likeness (QED) is 0.206. The van der Waals surface area contributed by atoms with Crippen molar-refractivity contribution in [3.8, 4) is 10.4 Å². The molecule has 0 bridgehead atoms. The second-order valence-electron chi connectivity index (χ2n) is 6.92. The summed E-state index contributed by atoms with van der Waals surface area (Å²) in [5, 5.41) is 4.57. The summed E-state index contributed by atoms with van der Waals surface area (Å²) in [6, 6.07) is 18.9. The minimum atomic E-state index is -0.362. The molecule has 0 radical (unpaired) electrons. The molecule has 0 fully saturated rings. The molecule has 4 aromatic rings. The van der Waals surface area contributed by atoms with Crippen LogP contribution in [0, 0.1) is 0 Å². The van der Waals surface area contributed by atoms with Gasteiger partial charge in [0.15, 0.2) is 0 Å². The highest BCUT2D eigenvalue weighted by Gasteiger charge is 2.13. The van der Waals surface area contributed by atoms with Crippen LogP contribution >= 0.6 is 23.1 Å². The molecule has 0 aliphatic carbocycles. The van der Waals surface area contributed by atoms with Gasteiger partial charge in [0, 0.05) is 16.0 Å². The number of carbonyl (C=O) groups excluding carboxylic acids is 2. The van der Waals surface area contributed by atoms with E-state index in [1.165, 1.54) is 18.1 Å². The first-order valence-corrected chi connectivity index (χ1v) is 11.9. The number of amides is 1. The Kier molecular flexibility index (Phi) is 7.14. The maximum atomic E-state index is 12.4. The number of thioether (sulfide) groups is 1. The highest BCUT2D eigenvalue weighted by atomic mass is 32.2. The Labute approximate surface area is 194 Å². The van der Waals surface area contributed by atoms with Gasteiger partial charge in [0.1, 0.15) is 16.2 Å². The van der Waals surface area contributed by atoms with Crippen molar-refractivity contribution < 1.29 is 14.3 Å². The second kappa shape index (κ2) is 10.4. The molecule has 1 N–H and O–H groups in total. The number of aromatic nitrogens is 2. The predicted octanol–water partition coefficient (Wildman–Crippen LogP) is 5.66. The van der Waals surface area contributed by atoms with E-state index in [9.17, 15) is 9.59 Å². The third kappa shape index (κ3) is 5.33. The summed E-state index contributed by atoms with van der Waals surface area (Å²) in [5.41, 5.74) is 2.21. The highest BCUT2D eigenvalue weighted by Crippen LogP contribution is 2.36. The molecule has 2 heterocycles. The molecule has 2 aromatic heterocycles. The number of carbonyl (C=O) groups is 2. The van der Waals surface area contributed by atoms with Crippen molar-refractivity contribution in [3.05, 3.63) is 72.6 Å². The number of hydrogen-bond donors (Lipinski definition) is 1. The van der Waals surface area contributed by atoms with Gasteiger partial charge in [-0.2, -0.15) is 0 Å². The van der Waals surface area contributed by atoms with Crippen molar-refractivity contribution in [2.24, 2.45) is 0 Å². The first kappa shape index (κ1) is 22.0. The lowest BCUT2D eigenvalue weighted by Crippen LogP contribution is -2.14. The van der Waals surface area contributed by atoms with Gasteiger partial charge in [-0.05, 0) is 42.3 Å². The number of hydrogen-bond acceptors (Lipinski definition) is 7. The van der Waals surface area contributed by atoms with Gasteiger partial charge in [0.25, 0.3) is 0 Å². The molecule has 1 amide bonds. The van der Waals surface area contributed by atoms with Crippen LogP contribution in [0.4, 0.5) is 5.69 Å². The van der Waals surface area contributed by atoms with Crippen LogP contribution in [0.3, 0.4) is 0 Å². The number of thiophene rings is 1. The Morgan fingerprint density at radius 3 is 2.59 bits per heavy atom. The van der Waals surface area contributed by atoms with E-state index in [0.29, 0.717) is 17.9 Å². The van der Waals surface area contributed by atoms with E-state index in [1.54, 1.807) is 35.6 Å². The fraction of sp³-hybridized carbons (Fsp3) is 0.167. The lowest BCUT2D eigenvalue weighted by Gasteiger charge is -2.07. The zero-order chi connectivity index (χ0) is 22.3. The zero-order valence-electron chi connectivity index (χ0n) is 17.4. The Hall–Kier alpha value is -3.23. The Balaban J connectivity index is 1.39. The maximum Gasteiger partial charge on any atom is 0.338 e. The van der Waals surface area contributed by atoms with Crippen LogP contribution in [-0.4, -0.2) is 34.2 Å². The van der Waals surface area contributed by atoms with Crippen LogP contribution in [-0.2, 0) is 9.53 Å². The van der Waals surface area contributed by atoms with E-state index in [0.717, 1.165) is 32.1 Å². The second-order valence-corrected chi connectivity index (χ2v) is 8.92. The van der Waals surface area contributed by atoms with Crippen LogP contribution in [0.25, 0.3) is 20.7 Å². The van der Waals surface area contributed by atoms with E-state index in [1.807, 2.05) is 25.1 Å². The lowest BCUT2D eigenvalue weighted by molar-refractivity contribution is -0.113. The summed E-state index contributed by atoms with van der Waals surface area (Å²) < 4.78 is 5.11. The molecule has 8 heteroatoms. The smallest absolute Gasteiger partial charge is 0.338 e. The Morgan fingerprint density at radius 2 is 1.84 bits per heavy atom. The number of fused-ring (bicyclic) bond motifs is 1. The summed E-state index contributed by atoms with van der Waals surface area (Å²) in [4.78, 5) is 35.1. The third-order valence-electron chi connectivity index (χ3n) is 4.53. The molecule has 0 saturated carbocycles. The number of nitrogens with one attached hydrogen (secondary N) is 1. The van der Waals surface area contributed by atoms with Crippen molar-refractivity contribution in [3.63, 3.8) is 0 Å². The van der Waals surface area contributed by atoms with Gasteiger partial charge in [0.2, 0.25) is 5.91 Å². The van der Waals surface area contributed by atoms with Crippen molar-refractivity contribution >= 4 is 50.9 Å². The summed E-state index contributed by atoms with van der Waals surface area (Å²) in [5.74, 6) is -0.302. The highest BCUT2D eigenvalue weighted by molar-refractivity contribution is 8.00. The molecule has 32 heavy (non-hydrogen) atoms. The van der Waals surface area contributed by atoms with Gasteiger partial charge in [-0.15, -0.1) is 11.3 Å². The summed E-state index contributed by atoms with van der Waals surface area (Å²) >= 11 is 2.98. The number of anilines is 1. The molecule has 0 aliphatic heterocycles. The first-order chi connectivity index (χ1) is 15.6. The van der Waals surface area contributed by atoms with Crippen molar-refractivity contribution in [2.75, 3.05) is 17.7 Å². The molecule has 6 nitrogen and oxygen atoms in total. The number of benzene rings is 2. The standard InChI is InChI=1S/C24H21N3O3S2/c1-2-12-30-24(29)17-8-10-18(11-9-17)27-21(28)14-31-22-19-13-20(16-6-4-3-5-7-16)32-23(19)26-15-25-22/h3-11,13,15H,2,12,14H2,1H3,(H,27,28). The summed E-state index contributed by atoms with van der Waals surface area (Å²) in [6.07, 6.45) is 2.30. The number of rotatable bonds is 8. The van der Waals surface area contributed by atoms with Crippen LogP contribution in [0.2, 0.25) is 0 Å². The monoisotopic (exact) mass is 463 g/mol. The van der Waals surface area contributed by atoms with E-state index in [-0.39, 0.29) is 17.6 Å². The normalized spacial score (nSPS) is 10.8. The van der Waals surface area contributed by atoms with Gasteiger partial charge in [-0.3, -0.25) is 4.79 Å². The average Bonchev–Trinajstić information content (AvgIpc) is 3.27. The minimum absolute atomic E-state index is 0.151. The number of esters is 1. The largest absolute Gasteiger partial charge is 0.462 e. The van der Waals surface area contributed by atoms with E-state index in [4.69, 9.17) is 4.74 Å². The topological polar surface area (TPSA) is 81.2 Å². The van der Waals surface area contributed by atoms with Gasteiger partial charge < -0.3 is 10.1 Å². The average molecular weight is 464 g/mol. The zero-order valence-corrected chi connectivity index (χ0v) is 19.0. The van der Waals surface area contributed by atoms with Crippen LogP contribution < -0.4 is 5.32 Å². The third-order valence-corrected chi connectivity index (χ3v) is 6.63. The van der Waals surface area contributed by atoms with Crippen LogP contribution in [0.1, 0.15) is 23.7 Å². The minimum Gasteiger partial charge on any atom is -0.462 e. The molecule has 4 rings (SSSR count). The number of ether oxygens (including phenoxy) is 1. The molecule has 0 atom stereocenters. The van der Waals surface area contributed by atoms with Gasteiger partial charge >= 0.3 is 5.97 Å². The fourth-order valence-electron chi connectivity index (χ4n) is 2.99. The van der Waals surface area contributed by atoms with Crippen LogP contribution in [0.5, 0.6) is 0 Å². The molecule has 0 aliphatic rings. The molecule has 162 valence electrons. The van der Waals surface area contributed by atoms with E-state index >= 15 is 0 Å². The first-order valence-electron chi connectivity index (χ1n) is 10.1. The van der Waals surface area contributed by atoms with E-state index < -0.39 is 0 Å². The SMILES string of the molecule is CCCOC(=O)c1ccc(NC(=O)CSc2ncnc3sc(-c4ccccc4)cc23)cc1. The molecule has 0 unspecified atom stereocenters. The van der Waals surface area contributed by atoms with Crippen molar-refractivity contribution in [2.45, 2.75) is 18.4 Å². The Bertz CT molecular complexity index is 1220. The van der Waals surface area contributed by atoms with E-state index in [2.05, 4.69) is 33.5 Å². The molecule has 2 aromatic carbocycles. The molecular weight excluding hydrogens is 442 g/mol. The Morgan fingerprint density at radius 1 is 1.06 bits per heavy atom. The van der Waals surface area contributed by atoms with Crippen molar-refractivity contribution in [1.82, 2.24) is 9.97 Å². The molecule has 0 saturated heterocycles. The number of nitrogens with zero attached hydrogens (tertiary/aromatic N) is 2. The van der Waals surface area contributed by atoms with Gasteiger partial charge in [-0.1, -0.05) is 49.0 Å².